The second-order valence-electron chi connectivity index (χ2n) is 5.88. The van der Waals surface area contributed by atoms with Crippen molar-refractivity contribution in [3.8, 4) is 16.3 Å². The van der Waals surface area contributed by atoms with Gasteiger partial charge in [-0.1, -0.05) is 6.07 Å². The molecule has 0 aliphatic carbocycles. The fourth-order valence-corrected chi connectivity index (χ4v) is 3.33. The van der Waals surface area contributed by atoms with Gasteiger partial charge in [0.25, 0.3) is 5.91 Å². The fraction of sp³-hybridized carbons (Fsp3) is 0.150. The number of thiazole rings is 1. The van der Waals surface area contributed by atoms with Crippen LogP contribution in [0, 0.1) is 6.92 Å². The van der Waals surface area contributed by atoms with Gasteiger partial charge in [0.15, 0.2) is 0 Å². The van der Waals surface area contributed by atoms with E-state index in [2.05, 4.69) is 15.6 Å². The van der Waals surface area contributed by atoms with Gasteiger partial charge in [0.05, 0.1) is 7.11 Å². The summed E-state index contributed by atoms with van der Waals surface area (Å²) in [4.78, 5) is 28.3. The summed E-state index contributed by atoms with van der Waals surface area (Å²) in [7, 11) is 1.61. The minimum absolute atomic E-state index is 0.162. The van der Waals surface area contributed by atoms with E-state index in [0.717, 1.165) is 21.9 Å². The van der Waals surface area contributed by atoms with Crippen LogP contribution in [0.15, 0.2) is 47.8 Å². The van der Waals surface area contributed by atoms with E-state index >= 15 is 0 Å². The molecule has 2 N–H and O–H groups in total. The molecule has 0 atom stereocenters. The molecule has 7 heteroatoms. The van der Waals surface area contributed by atoms with Crippen LogP contribution in [0.4, 0.5) is 11.4 Å². The second kappa shape index (κ2) is 8.01. The van der Waals surface area contributed by atoms with E-state index in [1.807, 2.05) is 31.2 Å². The number of nitrogens with zero attached hydrogens (tertiary/aromatic N) is 1. The maximum Gasteiger partial charge on any atom is 0.275 e. The number of hydrogen-bond donors (Lipinski definition) is 2. The summed E-state index contributed by atoms with van der Waals surface area (Å²) < 4.78 is 5.15. The lowest BCUT2D eigenvalue weighted by atomic mass is 10.1. The Morgan fingerprint density at radius 3 is 2.33 bits per heavy atom. The van der Waals surface area contributed by atoms with Gasteiger partial charge in [-0.25, -0.2) is 4.98 Å². The number of rotatable bonds is 5. The van der Waals surface area contributed by atoms with Crippen LogP contribution < -0.4 is 15.4 Å². The summed E-state index contributed by atoms with van der Waals surface area (Å²) in [5.41, 5.74) is 3.34. The third-order valence-electron chi connectivity index (χ3n) is 3.97. The van der Waals surface area contributed by atoms with Crippen molar-refractivity contribution < 1.29 is 14.3 Å². The molecule has 0 aliphatic heterocycles. The highest BCUT2D eigenvalue weighted by Gasteiger charge is 2.14. The highest BCUT2D eigenvalue weighted by molar-refractivity contribution is 7.13. The van der Waals surface area contributed by atoms with Crippen LogP contribution in [0.1, 0.15) is 23.0 Å². The van der Waals surface area contributed by atoms with Gasteiger partial charge < -0.3 is 15.4 Å². The lowest BCUT2D eigenvalue weighted by molar-refractivity contribution is -0.114. The first kappa shape index (κ1) is 18.6. The quantitative estimate of drug-likeness (QED) is 0.689. The Kier molecular flexibility index (Phi) is 5.52. The number of amides is 2. The number of carbonyl (C=O) groups is 2. The number of benzene rings is 2. The molecule has 0 saturated carbocycles. The van der Waals surface area contributed by atoms with Crippen LogP contribution in [-0.4, -0.2) is 23.9 Å². The first-order valence-corrected chi connectivity index (χ1v) is 9.14. The first-order valence-electron chi connectivity index (χ1n) is 8.26. The zero-order valence-corrected chi connectivity index (χ0v) is 16.0. The molecule has 1 heterocycles. The van der Waals surface area contributed by atoms with Gasteiger partial charge in [-0.05, 0) is 48.9 Å². The summed E-state index contributed by atoms with van der Waals surface area (Å²) in [6.07, 6.45) is 0. The van der Waals surface area contributed by atoms with Gasteiger partial charge in [0.2, 0.25) is 5.91 Å². The number of carbonyl (C=O) groups excluding carboxylic acids is 2. The maximum absolute atomic E-state index is 12.6. The largest absolute Gasteiger partial charge is 0.497 e. The fourth-order valence-electron chi connectivity index (χ4n) is 2.53. The molecule has 0 spiro atoms. The Hall–Kier alpha value is -3.19. The van der Waals surface area contributed by atoms with Gasteiger partial charge in [0, 0.05) is 29.2 Å². The Morgan fingerprint density at radius 2 is 1.70 bits per heavy atom. The summed E-state index contributed by atoms with van der Waals surface area (Å²) in [5, 5.41) is 8.08. The molecule has 0 unspecified atom stereocenters. The molecular formula is C20H19N3O3S. The van der Waals surface area contributed by atoms with E-state index in [9.17, 15) is 9.59 Å². The van der Waals surface area contributed by atoms with Crippen LogP contribution in [-0.2, 0) is 4.79 Å². The van der Waals surface area contributed by atoms with Crippen LogP contribution in [0.5, 0.6) is 5.75 Å². The molecule has 0 bridgehead atoms. The van der Waals surface area contributed by atoms with Gasteiger partial charge in [-0.3, -0.25) is 9.59 Å². The molecule has 3 aromatic rings. The van der Waals surface area contributed by atoms with E-state index in [1.165, 1.54) is 18.3 Å². The van der Waals surface area contributed by atoms with Crippen LogP contribution in [0.25, 0.3) is 10.6 Å². The normalized spacial score (nSPS) is 10.3. The number of aromatic nitrogens is 1. The van der Waals surface area contributed by atoms with Gasteiger partial charge in [-0.2, -0.15) is 0 Å². The van der Waals surface area contributed by atoms with Crippen LogP contribution >= 0.6 is 11.3 Å². The Labute approximate surface area is 161 Å². The van der Waals surface area contributed by atoms with Crippen molar-refractivity contribution in [1.82, 2.24) is 4.98 Å². The third-order valence-corrected chi connectivity index (χ3v) is 4.86. The van der Waals surface area contributed by atoms with E-state index in [0.29, 0.717) is 17.1 Å². The van der Waals surface area contributed by atoms with Crippen molar-refractivity contribution in [2.24, 2.45) is 0 Å². The average Bonchev–Trinajstić information content (AvgIpc) is 3.15. The van der Waals surface area contributed by atoms with Crippen molar-refractivity contribution in [1.29, 1.82) is 0 Å². The van der Waals surface area contributed by atoms with Crippen LogP contribution in [0.2, 0.25) is 0 Å². The second-order valence-corrected chi connectivity index (χ2v) is 6.74. The van der Waals surface area contributed by atoms with Gasteiger partial charge >= 0.3 is 0 Å². The Morgan fingerprint density at radius 1 is 1.04 bits per heavy atom. The predicted octanol–water partition coefficient (Wildman–Crippen LogP) is 4.34. The van der Waals surface area contributed by atoms with Gasteiger partial charge in [-0.15, -0.1) is 11.3 Å². The Balaban J connectivity index is 1.77. The lowest BCUT2D eigenvalue weighted by Gasteiger charge is -2.12. The minimum Gasteiger partial charge on any atom is -0.497 e. The zero-order valence-electron chi connectivity index (χ0n) is 15.2. The van der Waals surface area contributed by atoms with E-state index in [1.54, 1.807) is 30.7 Å². The smallest absolute Gasteiger partial charge is 0.275 e. The van der Waals surface area contributed by atoms with Crippen molar-refractivity contribution >= 4 is 34.5 Å². The summed E-state index contributed by atoms with van der Waals surface area (Å²) >= 11 is 1.40. The molecule has 0 radical (unpaired) electrons. The van der Waals surface area contributed by atoms with Gasteiger partial charge in [0.1, 0.15) is 16.5 Å². The lowest BCUT2D eigenvalue weighted by Crippen LogP contribution is -2.14. The van der Waals surface area contributed by atoms with E-state index < -0.39 is 0 Å². The standard InChI is InChI=1S/C20H19N3O3S/c1-12-16(21-13(2)24)5-4-6-17(12)22-19(25)18-11-27-20(23-18)14-7-9-15(26-3)10-8-14/h4-11H,1-3H3,(H,21,24)(H,22,25). The van der Waals surface area contributed by atoms with Crippen molar-refractivity contribution in [2.75, 3.05) is 17.7 Å². The highest BCUT2D eigenvalue weighted by atomic mass is 32.1. The molecule has 3 rings (SSSR count). The molecule has 0 saturated heterocycles. The third kappa shape index (κ3) is 4.32. The molecular weight excluding hydrogens is 362 g/mol. The monoisotopic (exact) mass is 381 g/mol. The average molecular weight is 381 g/mol. The number of methoxy groups -OCH3 is 1. The van der Waals surface area contributed by atoms with E-state index in [4.69, 9.17) is 4.74 Å². The zero-order chi connectivity index (χ0) is 19.4. The van der Waals surface area contributed by atoms with Crippen molar-refractivity contribution in [2.45, 2.75) is 13.8 Å². The Bertz CT molecular complexity index is 980. The molecule has 0 fully saturated rings. The molecule has 138 valence electrons. The molecule has 0 aliphatic rings. The first-order chi connectivity index (χ1) is 13.0. The topological polar surface area (TPSA) is 80.3 Å². The van der Waals surface area contributed by atoms with E-state index in [-0.39, 0.29) is 11.8 Å². The highest BCUT2D eigenvalue weighted by Crippen LogP contribution is 2.27. The maximum atomic E-state index is 12.6. The summed E-state index contributed by atoms with van der Waals surface area (Å²) in [6, 6.07) is 12.9. The summed E-state index contributed by atoms with van der Waals surface area (Å²) in [6.45, 7) is 3.28. The van der Waals surface area contributed by atoms with Crippen molar-refractivity contribution in [3.63, 3.8) is 0 Å². The molecule has 2 amide bonds. The predicted molar refractivity (Wildman–Crippen MR) is 108 cm³/mol. The molecule has 2 aromatic carbocycles. The minimum atomic E-state index is -0.297. The molecule has 27 heavy (non-hydrogen) atoms. The number of nitrogens with one attached hydrogen (secondary N) is 2. The molecule has 1 aromatic heterocycles. The van der Waals surface area contributed by atoms with Crippen LogP contribution in [0.3, 0.4) is 0 Å². The number of hydrogen-bond acceptors (Lipinski definition) is 5. The molecule has 6 nitrogen and oxygen atoms in total. The summed E-state index contributed by atoms with van der Waals surface area (Å²) in [5.74, 6) is 0.307. The number of anilines is 2. The SMILES string of the molecule is COc1ccc(-c2nc(C(=O)Nc3cccc(NC(C)=O)c3C)cs2)cc1. The number of ether oxygens (including phenoxy) is 1. The van der Waals surface area contributed by atoms with Crippen molar-refractivity contribution in [3.05, 3.63) is 59.1 Å².